The first-order chi connectivity index (χ1) is 9.61. The quantitative estimate of drug-likeness (QED) is 0.917. The molecule has 0 bridgehead atoms. The van der Waals surface area contributed by atoms with Crippen molar-refractivity contribution in [2.24, 2.45) is 5.73 Å². The van der Waals surface area contributed by atoms with E-state index >= 15 is 0 Å². The molecule has 0 saturated carbocycles. The number of benzene rings is 2. The van der Waals surface area contributed by atoms with Crippen LogP contribution in [0.1, 0.15) is 11.6 Å². The molecule has 0 aliphatic carbocycles. The van der Waals surface area contributed by atoms with Gasteiger partial charge >= 0.3 is 0 Å². The van der Waals surface area contributed by atoms with Crippen molar-refractivity contribution in [2.75, 3.05) is 13.7 Å². The molecule has 0 radical (unpaired) electrons. The lowest BCUT2D eigenvalue weighted by Crippen LogP contribution is -2.20. The van der Waals surface area contributed by atoms with E-state index in [1.807, 2.05) is 0 Å². The molecule has 0 aromatic heterocycles. The molecule has 1 atom stereocenters. The van der Waals surface area contributed by atoms with Crippen molar-refractivity contribution in [3.8, 4) is 11.5 Å². The van der Waals surface area contributed by atoms with Crippen molar-refractivity contribution < 1.29 is 13.9 Å². The van der Waals surface area contributed by atoms with E-state index in [-0.39, 0.29) is 12.4 Å². The van der Waals surface area contributed by atoms with Crippen molar-refractivity contribution in [3.63, 3.8) is 0 Å². The van der Waals surface area contributed by atoms with Gasteiger partial charge in [0.05, 0.1) is 13.2 Å². The van der Waals surface area contributed by atoms with Crippen LogP contribution in [0, 0.1) is 5.82 Å². The van der Waals surface area contributed by atoms with Crippen LogP contribution >= 0.6 is 11.6 Å². The fourth-order valence-corrected chi connectivity index (χ4v) is 1.98. The second-order valence-electron chi connectivity index (χ2n) is 4.24. The van der Waals surface area contributed by atoms with Gasteiger partial charge < -0.3 is 15.2 Å². The first-order valence-electron chi connectivity index (χ1n) is 6.08. The van der Waals surface area contributed by atoms with E-state index < -0.39 is 11.9 Å². The van der Waals surface area contributed by atoms with E-state index in [2.05, 4.69) is 0 Å². The largest absolute Gasteiger partial charge is 0.494 e. The Kier molecular flexibility index (Phi) is 4.82. The summed E-state index contributed by atoms with van der Waals surface area (Å²) < 4.78 is 24.5. The highest BCUT2D eigenvalue weighted by atomic mass is 35.5. The average Bonchev–Trinajstić information content (AvgIpc) is 2.45. The summed E-state index contributed by atoms with van der Waals surface area (Å²) >= 11 is 5.85. The van der Waals surface area contributed by atoms with Crippen LogP contribution in [-0.2, 0) is 0 Å². The Hall–Kier alpha value is -1.78. The smallest absolute Gasteiger partial charge is 0.169 e. The highest BCUT2D eigenvalue weighted by molar-refractivity contribution is 6.30. The molecule has 0 spiro atoms. The van der Waals surface area contributed by atoms with Gasteiger partial charge in [0.1, 0.15) is 12.4 Å². The minimum atomic E-state index is -0.593. The Balaban J connectivity index is 2.07. The van der Waals surface area contributed by atoms with Gasteiger partial charge in [0.2, 0.25) is 0 Å². The zero-order valence-corrected chi connectivity index (χ0v) is 11.7. The summed E-state index contributed by atoms with van der Waals surface area (Å²) in [5, 5.41) is 0.573. The predicted octanol–water partition coefficient (Wildman–Crippen LogP) is 3.57. The molecule has 0 saturated heterocycles. The molecule has 3 nitrogen and oxygen atoms in total. The third kappa shape index (κ3) is 3.40. The van der Waals surface area contributed by atoms with Crippen LogP contribution in [0.4, 0.5) is 4.39 Å². The standard InChI is InChI=1S/C15H15ClFNO2/c1-19-14-7-3-6-12(15(14)17)13(18)9-20-11-5-2-4-10(16)8-11/h2-8,13H,9,18H2,1H3. The first kappa shape index (κ1) is 14.6. The highest BCUT2D eigenvalue weighted by Gasteiger charge is 2.15. The Bertz CT molecular complexity index is 592. The molecule has 0 aliphatic rings. The van der Waals surface area contributed by atoms with Gasteiger partial charge in [-0.05, 0) is 24.3 Å². The van der Waals surface area contributed by atoms with E-state index in [9.17, 15) is 4.39 Å². The Labute approximate surface area is 122 Å². The molecule has 2 aromatic rings. The van der Waals surface area contributed by atoms with Crippen molar-refractivity contribution in [3.05, 3.63) is 58.9 Å². The summed E-state index contributed by atoms with van der Waals surface area (Å²) in [4.78, 5) is 0. The third-order valence-electron chi connectivity index (χ3n) is 2.84. The molecule has 0 amide bonds. The van der Waals surface area contributed by atoms with Gasteiger partial charge in [0, 0.05) is 10.6 Å². The summed E-state index contributed by atoms with van der Waals surface area (Å²) in [6.07, 6.45) is 0. The maximum Gasteiger partial charge on any atom is 0.169 e. The number of methoxy groups -OCH3 is 1. The van der Waals surface area contributed by atoms with Gasteiger partial charge in [-0.15, -0.1) is 0 Å². The topological polar surface area (TPSA) is 44.5 Å². The van der Waals surface area contributed by atoms with Crippen LogP contribution in [0.25, 0.3) is 0 Å². The lowest BCUT2D eigenvalue weighted by atomic mass is 10.1. The van der Waals surface area contributed by atoms with Gasteiger partial charge in [-0.1, -0.05) is 29.8 Å². The van der Waals surface area contributed by atoms with Gasteiger partial charge in [-0.2, -0.15) is 0 Å². The van der Waals surface area contributed by atoms with Crippen LogP contribution in [-0.4, -0.2) is 13.7 Å². The summed E-state index contributed by atoms with van der Waals surface area (Å²) in [7, 11) is 1.41. The lowest BCUT2D eigenvalue weighted by molar-refractivity contribution is 0.286. The summed E-state index contributed by atoms with van der Waals surface area (Å²) in [5.74, 6) is 0.300. The Morgan fingerprint density at radius 2 is 2.00 bits per heavy atom. The molecule has 2 N–H and O–H groups in total. The highest BCUT2D eigenvalue weighted by Crippen LogP contribution is 2.25. The van der Waals surface area contributed by atoms with Crippen molar-refractivity contribution in [1.82, 2.24) is 0 Å². The molecule has 106 valence electrons. The number of halogens is 2. The van der Waals surface area contributed by atoms with Gasteiger partial charge in [0.15, 0.2) is 11.6 Å². The first-order valence-corrected chi connectivity index (χ1v) is 6.46. The predicted molar refractivity (Wildman–Crippen MR) is 76.8 cm³/mol. The summed E-state index contributed by atoms with van der Waals surface area (Å²) in [5.41, 5.74) is 6.30. The van der Waals surface area contributed by atoms with Gasteiger partial charge in [-0.3, -0.25) is 0 Å². The molecule has 2 aromatic carbocycles. The second kappa shape index (κ2) is 6.59. The van der Waals surface area contributed by atoms with Gasteiger partial charge in [0.25, 0.3) is 0 Å². The van der Waals surface area contributed by atoms with E-state index in [1.54, 1.807) is 42.5 Å². The third-order valence-corrected chi connectivity index (χ3v) is 3.07. The normalized spacial score (nSPS) is 12.0. The molecule has 5 heteroatoms. The molecule has 0 fully saturated rings. The van der Waals surface area contributed by atoms with Crippen molar-refractivity contribution in [2.45, 2.75) is 6.04 Å². The number of ether oxygens (including phenoxy) is 2. The number of rotatable bonds is 5. The average molecular weight is 296 g/mol. The fraction of sp³-hybridized carbons (Fsp3) is 0.200. The molecule has 0 heterocycles. The number of hydrogen-bond acceptors (Lipinski definition) is 3. The van der Waals surface area contributed by atoms with E-state index in [4.69, 9.17) is 26.8 Å². The molecule has 0 aliphatic heterocycles. The molecule has 1 unspecified atom stereocenters. The zero-order valence-electron chi connectivity index (χ0n) is 11.0. The van der Waals surface area contributed by atoms with Crippen molar-refractivity contribution >= 4 is 11.6 Å². The van der Waals surface area contributed by atoms with Crippen molar-refractivity contribution in [1.29, 1.82) is 0 Å². The van der Waals surface area contributed by atoms with Crippen LogP contribution in [0.5, 0.6) is 11.5 Å². The lowest BCUT2D eigenvalue weighted by Gasteiger charge is -2.15. The molecule has 2 rings (SSSR count). The fourth-order valence-electron chi connectivity index (χ4n) is 1.80. The van der Waals surface area contributed by atoms with Crippen LogP contribution in [0.15, 0.2) is 42.5 Å². The molecular weight excluding hydrogens is 281 g/mol. The molecule has 20 heavy (non-hydrogen) atoms. The van der Waals surface area contributed by atoms with E-state index in [0.717, 1.165) is 0 Å². The Morgan fingerprint density at radius 3 is 2.70 bits per heavy atom. The zero-order chi connectivity index (χ0) is 14.5. The maximum atomic E-state index is 14.0. The maximum absolute atomic E-state index is 14.0. The van der Waals surface area contributed by atoms with Crippen LogP contribution in [0.2, 0.25) is 5.02 Å². The van der Waals surface area contributed by atoms with Crippen LogP contribution < -0.4 is 15.2 Å². The summed E-state index contributed by atoms with van der Waals surface area (Å²) in [6, 6.07) is 11.2. The number of nitrogens with two attached hydrogens (primary N) is 1. The monoisotopic (exact) mass is 295 g/mol. The SMILES string of the molecule is COc1cccc(C(N)COc2cccc(Cl)c2)c1F. The minimum Gasteiger partial charge on any atom is -0.494 e. The van der Waals surface area contributed by atoms with Gasteiger partial charge in [-0.25, -0.2) is 4.39 Å². The number of hydrogen-bond donors (Lipinski definition) is 1. The van der Waals surface area contributed by atoms with Crippen LogP contribution in [0.3, 0.4) is 0 Å². The van der Waals surface area contributed by atoms with E-state index in [1.165, 1.54) is 7.11 Å². The second-order valence-corrected chi connectivity index (χ2v) is 4.67. The van der Waals surface area contributed by atoms with E-state index in [0.29, 0.717) is 16.3 Å². The summed E-state index contributed by atoms with van der Waals surface area (Å²) in [6.45, 7) is 0.143. The molecular formula is C15H15ClFNO2. The Morgan fingerprint density at radius 1 is 1.25 bits per heavy atom. The minimum absolute atomic E-state index is 0.143.